The molecule has 0 atom stereocenters. The first-order chi connectivity index (χ1) is 14.1. The number of rotatable bonds is 5. The van der Waals surface area contributed by atoms with E-state index in [0.717, 1.165) is 74.6 Å². The molecule has 0 radical (unpaired) electrons. The quantitative estimate of drug-likeness (QED) is 0.777. The van der Waals surface area contributed by atoms with Gasteiger partial charge in [0.15, 0.2) is 0 Å². The van der Waals surface area contributed by atoms with Gasteiger partial charge in [0.2, 0.25) is 5.91 Å². The molecule has 2 aromatic rings. The summed E-state index contributed by atoms with van der Waals surface area (Å²) in [4.78, 5) is 30.4. The summed E-state index contributed by atoms with van der Waals surface area (Å²) in [5.41, 5.74) is 2.54. The van der Waals surface area contributed by atoms with Crippen molar-refractivity contribution in [2.75, 3.05) is 24.5 Å². The fourth-order valence-electron chi connectivity index (χ4n) is 4.73. The van der Waals surface area contributed by atoms with E-state index >= 15 is 0 Å². The summed E-state index contributed by atoms with van der Waals surface area (Å²) in [6.07, 6.45) is 9.59. The van der Waals surface area contributed by atoms with Gasteiger partial charge in [0.25, 0.3) is 0 Å². The second-order valence-corrected chi connectivity index (χ2v) is 8.61. The standard InChI is InChI=1S/C23H31N5O/c1-3-4-20-15-21(26-18(2)25-20)27-13-9-23(10-14-27)8-5-22(29)28(17-23)16-19-6-11-24-12-7-19/h6-7,11-12,15H,3-5,8-10,13-14,16-17H2,1-2H3. The summed E-state index contributed by atoms with van der Waals surface area (Å²) in [5, 5.41) is 0. The van der Waals surface area contributed by atoms with E-state index in [4.69, 9.17) is 4.98 Å². The maximum absolute atomic E-state index is 12.5. The Balaban J connectivity index is 1.42. The van der Waals surface area contributed by atoms with E-state index in [9.17, 15) is 4.79 Å². The maximum Gasteiger partial charge on any atom is 0.222 e. The van der Waals surface area contributed by atoms with Crippen LogP contribution in [0, 0.1) is 12.3 Å². The molecule has 0 N–H and O–H groups in total. The highest BCUT2D eigenvalue weighted by molar-refractivity contribution is 5.77. The summed E-state index contributed by atoms with van der Waals surface area (Å²) in [6, 6.07) is 6.17. The first kappa shape index (κ1) is 19.8. The van der Waals surface area contributed by atoms with Gasteiger partial charge < -0.3 is 9.80 Å². The molecule has 154 valence electrons. The molecular formula is C23H31N5O. The van der Waals surface area contributed by atoms with Gasteiger partial charge in [0, 0.05) is 56.8 Å². The number of carbonyl (C=O) groups excluding carboxylic acids is 1. The number of piperidine rings is 2. The summed E-state index contributed by atoms with van der Waals surface area (Å²) in [7, 11) is 0. The van der Waals surface area contributed by atoms with Crippen LogP contribution in [0.1, 0.15) is 56.1 Å². The molecule has 6 heteroatoms. The Kier molecular flexibility index (Phi) is 5.79. The lowest BCUT2D eigenvalue weighted by Gasteiger charge is -2.47. The minimum Gasteiger partial charge on any atom is -0.356 e. The Labute approximate surface area is 173 Å². The van der Waals surface area contributed by atoms with E-state index in [1.807, 2.05) is 19.1 Å². The highest BCUT2D eigenvalue weighted by Crippen LogP contribution is 2.41. The number of carbonyl (C=O) groups is 1. The van der Waals surface area contributed by atoms with Crippen LogP contribution in [-0.4, -0.2) is 45.4 Å². The zero-order chi connectivity index (χ0) is 20.3. The second kappa shape index (κ2) is 8.47. The van der Waals surface area contributed by atoms with Crippen molar-refractivity contribution in [2.45, 2.75) is 58.9 Å². The van der Waals surface area contributed by atoms with Crippen LogP contribution in [0.5, 0.6) is 0 Å². The van der Waals surface area contributed by atoms with Crippen LogP contribution in [0.15, 0.2) is 30.6 Å². The lowest BCUT2D eigenvalue weighted by Crippen LogP contribution is -2.51. The van der Waals surface area contributed by atoms with Crippen molar-refractivity contribution >= 4 is 11.7 Å². The van der Waals surface area contributed by atoms with E-state index in [1.165, 1.54) is 0 Å². The van der Waals surface area contributed by atoms with Gasteiger partial charge in [-0.15, -0.1) is 0 Å². The number of aryl methyl sites for hydroxylation is 2. The molecule has 2 fully saturated rings. The normalized spacial score (nSPS) is 19.0. The molecule has 4 rings (SSSR count). The lowest BCUT2D eigenvalue weighted by molar-refractivity contribution is -0.139. The van der Waals surface area contributed by atoms with E-state index in [2.05, 4.69) is 32.8 Å². The molecule has 0 saturated carbocycles. The first-order valence-electron chi connectivity index (χ1n) is 10.8. The largest absolute Gasteiger partial charge is 0.356 e. The fourth-order valence-corrected chi connectivity index (χ4v) is 4.73. The van der Waals surface area contributed by atoms with Crippen molar-refractivity contribution < 1.29 is 4.79 Å². The summed E-state index contributed by atoms with van der Waals surface area (Å²) in [6.45, 7) is 7.73. The Morgan fingerprint density at radius 1 is 1.10 bits per heavy atom. The molecule has 2 aliphatic heterocycles. The lowest BCUT2D eigenvalue weighted by atomic mass is 9.72. The second-order valence-electron chi connectivity index (χ2n) is 8.61. The summed E-state index contributed by atoms with van der Waals surface area (Å²) in [5.74, 6) is 2.21. The zero-order valence-electron chi connectivity index (χ0n) is 17.6. The Hall–Kier alpha value is -2.50. The predicted molar refractivity (Wildman–Crippen MR) is 114 cm³/mol. The van der Waals surface area contributed by atoms with Gasteiger partial charge in [0.1, 0.15) is 11.6 Å². The first-order valence-corrected chi connectivity index (χ1v) is 10.8. The van der Waals surface area contributed by atoms with Crippen molar-refractivity contribution in [1.82, 2.24) is 19.9 Å². The number of anilines is 1. The topological polar surface area (TPSA) is 62.2 Å². The molecule has 4 heterocycles. The molecule has 1 amide bonds. The highest BCUT2D eigenvalue weighted by atomic mass is 16.2. The molecule has 2 saturated heterocycles. The summed E-state index contributed by atoms with van der Waals surface area (Å²) < 4.78 is 0. The number of likely N-dealkylation sites (tertiary alicyclic amines) is 1. The number of nitrogens with zero attached hydrogens (tertiary/aromatic N) is 5. The van der Waals surface area contributed by atoms with E-state index in [0.29, 0.717) is 13.0 Å². The van der Waals surface area contributed by atoms with Crippen LogP contribution in [-0.2, 0) is 17.8 Å². The van der Waals surface area contributed by atoms with Gasteiger partial charge in [0.05, 0.1) is 0 Å². The molecule has 2 aromatic heterocycles. The molecule has 6 nitrogen and oxygen atoms in total. The minimum atomic E-state index is 0.242. The molecule has 29 heavy (non-hydrogen) atoms. The SMILES string of the molecule is CCCc1cc(N2CCC3(CCC(=O)N(Cc4ccncc4)C3)CC2)nc(C)n1. The van der Waals surface area contributed by atoms with E-state index in [1.54, 1.807) is 12.4 Å². The zero-order valence-corrected chi connectivity index (χ0v) is 17.6. The monoisotopic (exact) mass is 393 g/mol. The number of hydrogen-bond acceptors (Lipinski definition) is 5. The van der Waals surface area contributed by atoms with Crippen LogP contribution in [0.3, 0.4) is 0 Å². The number of amides is 1. The molecule has 0 aromatic carbocycles. The number of aromatic nitrogens is 3. The predicted octanol–water partition coefficient (Wildman–Crippen LogP) is 3.54. The minimum absolute atomic E-state index is 0.242. The Bertz CT molecular complexity index is 846. The molecule has 0 aliphatic carbocycles. The number of hydrogen-bond donors (Lipinski definition) is 0. The molecule has 2 aliphatic rings. The van der Waals surface area contributed by atoms with Crippen LogP contribution >= 0.6 is 0 Å². The Morgan fingerprint density at radius 3 is 2.59 bits per heavy atom. The van der Waals surface area contributed by atoms with E-state index in [-0.39, 0.29) is 11.3 Å². The summed E-state index contributed by atoms with van der Waals surface area (Å²) >= 11 is 0. The maximum atomic E-state index is 12.5. The van der Waals surface area contributed by atoms with Gasteiger partial charge in [-0.3, -0.25) is 9.78 Å². The highest BCUT2D eigenvalue weighted by Gasteiger charge is 2.41. The third-order valence-corrected chi connectivity index (χ3v) is 6.40. The van der Waals surface area contributed by atoms with Gasteiger partial charge >= 0.3 is 0 Å². The third-order valence-electron chi connectivity index (χ3n) is 6.40. The third kappa shape index (κ3) is 4.57. The van der Waals surface area contributed by atoms with Crippen LogP contribution in [0.2, 0.25) is 0 Å². The van der Waals surface area contributed by atoms with Gasteiger partial charge in [-0.25, -0.2) is 9.97 Å². The van der Waals surface area contributed by atoms with Crippen molar-refractivity contribution in [3.63, 3.8) is 0 Å². The van der Waals surface area contributed by atoms with Crippen LogP contribution in [0.25, 0.3) is 0 Å². The van der Waals surface area contributed by atoms with Gasteiger partial charge in [-0.2, -0.15) is 0 Å². The van der Waals surface area contributed by atoms with Crippen molar-refractivity contribution in [1.29, 1.82) is 0 Å². The smallest absolute Gasteiger partial charge is 0.222 e. The van der Waals surface area contributed by atoms with Crippen LogP contribution < -0.4 is 4.90 Å². The number of pyridine rings is 1. The van der Waals surface area contributed by atoms with Crippen molar-refractivity contribution in [2.24, 2.45) is 5.41 Å². The molecule has 0 unspecified atom stereocenters. The van der Waals surface area contributed by atoms with E-state index < -0.39 is 0 Å². The van der Waals surface area contributed by atoms with Crippen molar-refractivity contribution in [3.8, 4) is 0 Å². The average molecular weight is 394 g/mol. The Morgan fingerprint density at radius 2 is 1.86 bits per heavy atom. The van der Waals surface area contributed by atoms with Gasteiger partial charge in [-0.05, 0) is 55.7 Å². The molecular weight excluding hydrogens is 362 g/mol. The van der Waals surface area contributed by atoms with Gasteiger partial charge in [-0.1, -0.05) is 13.3 Å². The molecule has 1 spiro atoms. The molecule has 0 bridgehead atoms. The fraction of sp³-hybridized carbons (Fsp3) is 0.565. The van der Waals surface area contributed by atoms with Crippen molar-refractivity contribution in [3.05, 3.63) is 47.7 Å². The average Bonchev–Trinajstić information content (AvgIpc) is 2.72. The van der Waals surface area contributed by atoms with Crippen LogP contribution in [0.4, 0.5) is 5.82 Å².